The van der Waals surface area contributed by atoms with E-state index in [9.17, 15) is 0 Å². The van der Waals surface area contributed by atoms with Gasteiger partial charge in [0, 0.05) is 16.3 Å². The van der Waals surface area contributed by atoms with Gasteiger partial charge in [0.05, 0.1) is 19.8 Å². The number of thioether (sulfide) groups is 1. The van der Waals surface area contributed by atoms with Gasteiger partial charge in [-0.05, 0) is 35.9 Å². The summed E-state index contributed by atoms with van der Waals surface area (Å²) in [4.78, 5) is 0.962. The van der Waals surface area contributed by atoms with Gasteiger partial charge in [0.15, 0.2) is 0 Å². The van der Waals surface area contributed by atoms with Crippen LogP contribution in [0.25, 0.3) is 0 Å². The number of anilines is 1. The van der Waals surface area contributed by atoms with Crippen molar-refractivity contribution < 1.29 is 9.47 Å². The molecule has 5 heteroatoms. The molecule has 0 aromatic heterocycles. The Labute approximate surface area is 128 Å². The van der Waals surface area contributed by atoms with E-state index < -0.39 is 0 Å². The predicted octanol–water partition coefficient (Wildman–Crippen LogP) is 3.45. The first-order valence-electron chi connectivity index (χ1n) is 6.31. The molecule has 0 unspecified atom stereocenters. The van der Waals surface area contributed by atoms with Crippen LogP contribution in [0.5, 0.6) is 11.5 Å². The minimum atomic E-state index is 0.536. The van der Waals surface area contributed by atoms with Crippen LogP contribution in [0.4, 0.5) is 5.69 Å². The largest absolute Gasteiger partial charge is 0.497 e. The van der Waals surface area contributed by atoms with Crippen LogP contribution in [0.1, 0.15) is 11.1 Å². The van der Waals surface area contributed by atoms with Crippen LogP contribution in [0, 0.1) is 11.3 Å². The summed E-state index contributed by atoms with van der Waals surface area (Å²) in [6.07, 6.45) is 0. The molecule has 2 rings (SSSR count). The first-order valence-corrected chi connectivity index (χ1v) is 7.30. The van der Waals surface area contributed by atoms with Gasteiger partial charge in [-0.15, -0.1) is 11.8 Å². The Hall–Kier alpha value is -2.32. The third kappa shape index (κ3) is 3.61. The summed E-state index contributed by atoms with van der Waals surface area (Å²) in [5.74, 6) is 2.09. The van der Waals surface area contributed by atoms with E-state index in [4.69, 9.17) is 20.5 Å². The van der Waals surface area contributed by atoms with E-state index in [-0.39, 0.29) is 0 Å². The minimum absolute atomic E-state index is 0.536. The van der Waals surface area contributed by atoms with Gasteiger partial charge in [-0.3, -0.25) is 0 Å². The first-order chi connectivity index (χ1) is 10.2. The van der Waals surface area contributed by atoms with Crippen LogP contribution in [0.2, 0.25) is 0 Å². The van der Waals surface area contributed by atoms with Crippen LogP contribution in [-0.4, -0.2) is 14.2 Å². The summed E-state index contributed by atoms with van der Waals surface area (Å²) in [6, 6.07) is 13.3. The number of hydrogen-bond acceptors (Lipinski definition) is 5. The van der Waals surface area contributed by atoms with Crippen molar-refractivity contribution in [2.75, 3.05) is 20.0 Å². The van der Waals surface area contributed by atoms with Gasteiger partial charge in [0.25, 0.3) is 0 Å². The van der Waals surface area contributed by atoms with Crippen molar-refractivity contribution in [2.45, 2.75) is 10.6 Å². The molecule has 0 aliphatic carbocycles. The average molecular weight is 300 g/mol. The van der Waals surface area contributed by atoms with Crippen molar-refractivity contribution in [1.82, 2.24) is 0 Å². The molecular weight excluding hydrogens is 284 g/mol. The van der Waals surface area contributed by atoms with Gasteiger partial charge in [0.1, 0.15) is 17.6 Å². The van der Waals surface area contributed by atoms with E-state index in [1.807, 2.05) is 36.4 Å². The molecule has 108 valence electrons. The molecule has 0 fully saturated rings. The molecule has 0 atom stereocenters. The standard InChI is InChI=1S/C16H16N2O2S/c1-19-13-4-5-14(18)16(8-13)21-10-11-3-6-15(20-2)12(7-11)9-17/h3-8H,10,18H2,1-2H3. The zero-order valence-corrected chi connectivity index (χ0v) is 12.7. The van der Waals surface area contributed by atoms with Crippen molar-refractivity contribution >= 4 is 17.4 Å². The Balaban J connectivity index is 2.15. The maximum Gasteiger partial charge on any atom is 0.136 e. The van der Waals surface area contributed by atoms with E-state index in [1.54, 1.807) is 26.0 Å². The first kappa shape index (κ1) is 15.1. The van der Waals surface area contributed by atoms with Gasteiger partial charge in [-0.2, -0.15) is 5.26 Å². The Morgan fingerprint density at radius 3 is 2.62 bits per heavy atom. The number of methoxy groups -OCH3 is 2. The monoisotopic (exact) mass is 300 g/mol. The van der Waals surface area contributed by atoms with E-state index in [1.165, 1.54) is 0 Å². The van der Waals surface area contributed by atoms with Crippen LogP contribution < -0.4 is 15.2 Å². The highest BCUT2D eigenvalue weighted by molar-refractivity contribution is 7.98. The Kier molecular flexibility index (Phi) is 4.96. The Bertz CT molecular complexity index is 680. The number of nitrogens with zero attached hydrogens (tertiary/aromatic N) is 1. The lowest BCUT2D eigenvalue weighted by Gasteiger charge is -2.09. The molecule has 0 heterocycles. The molecule has 0 saturated heterocycles. The van der Waals surface area contributed by atoms with Crippen LogP contribution >= 0.6 is 11.8 Å². The molecule has 0 amide bonds. The smallest absolute Gasteiger partial charge is 0.136 e. The van der Waals surface area contributed by atoms with Crippen LogP contribution in [-0.2, 0) is 5.75 Å². The lowest BCUT2D eigenvalue weighted by Crippen LogP contribution is -1.92. The lowest BCUT2D eigenvalue weighted by molar-refractivity contribution is 0.413. The van der Waals surface area contributed by atoms with Gasteiger partial charge < -0.3 is 15.2 Å². The summed E-state index contributed by atoms with van der Waals surface area (Å²) in [5.41, 5.74) is 8.26. The van der Waals surface area contributed by atoms with Gasteiger partial charge in [0.2, 0.25) is 0 Å². The number of benzene rings is 2. The van der Waals surface area contributed by atoms with Gasteiger partial charge >= 0.3 is 0 Å². The number of nitrogen functional groups attached to an aromatic ring is 1. The SMILES string of the molecule is COc1ccc(N)c(SCc2ccc(OC)c(C#N)c2)c1. The fourth-order valence-corrected chi connectivity index (χ4v) is 2.80. The van der Waals surface area contributed by atoms with Crippen molar-refractivity contribution in [3.63, 3.8) is 0 Å². The lowest BCUT2D eigenvalue weighted by atomic mass is 10.1. The third-order valence-corrected chi connectivity index (χ3v) is 4.14. The summed E-state index contributed by atoms with van der Waals surface area (Å²) in [7, 11) is 3.18. The highest BCUT2D eigenvalue weighted by Gasteiger charge is 2.06. The van der Waals surface area contributed by atoms with E-state index in [0.29, 0.717) is 11.3 Å². The van der Waals surface area contributed by atoms with E-state index in [2.05, 4.69) is 6.07 Å². The van der Waals surface area contributed by atoms with Gasteiger partial charge in [-0.25, -0.2) is 0 Å². The molecule has 2 N–H and O–H groups in total. The quantitative estimate of drug-likeness (QED) is 0.676. The highest BCUT2D eigenvalue weighted by atomic mass is 32.2. The number of hydrogen-bond donors (Lipinski definition) is 1. The molecule has 0 saturated carbocycles. The zero-order chi connectivity index (χ0) is 15.2. The summed E-state index contributed by atoms with van der Waals surface area (Å²) in [6.45, 7) is 0. The maximum absolute atomic E-state index is 9.10. The average Bonchev–Trinajstić information content (AvgIpc) is 2.53. The molecule has 2 aromatic rings. The highest BCUT2D eigenvalue weighted by Crippen LogP contribution is 2.32. The molecule has 0 aliphatic heterocycles. The predicted molar refractivity (Wildman–Crippen MR) is 84.7 cm³/mol. The number of nitrogens with two attached hydrogens (primary N) is 1. The Morgan fingerprint density at radius 1 is 1.14 bits per heavy atom. The molecule has 2 aromatic carbocycles. The maximum atomic E-state index is 9.10. The number of nitriles is 1. The second-order valence-electron chi connectivity index (χ2n) is 4.34. The van der Waals surface area contributed by atoms with Crippen LogP contribution in [0.3, 0.4) is 0 Å². The van der Waals surface area contributed by atoms with Crippen molar-refractivity contribution in [1.29, 1.82) is 5.26 Å². The number of rotatable bonds is 5. The second kappa shape index (κ2) is 6.91. The second-order valence-corrected chi connectivity index (χ2v) is 5.36. The Morgan fingerprint density at radius 2 is 1.95 bits per heavy atom. The summed E-state index contributed by atoms with van der Waals surface area (Å²) in [5, 5.41) is 9.10. The molecule has 4 nitrogen and oxygen atoms in total. The normalized spacial score (nSPS) is 9.95. The topological polar surface area (TPSA) is 68.3 Å². The van der Waals surface area contributed by atoms with E-state index >= 15 is 0 Å². The fraction of sp³-hybridized carbons (Fsp3) is 0.188. The summed E-state index contributed by atoms with van der Waals surface area (Å²) < 4.78 is 10.3. The molecule has 0 bridgehead atoms. The van der Waals surface area contributed by atoms with Gasteiger partial charge in [-0.1, -0.05) is 6.07 Å². The molecular formula is C16H16N2O2S. The molecule has 21 heavy (non-hydrogen) atoms. The van der Waals surface area contributed by atoms with E-state index in [0.717, 1.165) is 27.6 Å². The molecule has 0 aliphatic rings. The van der Waals surface area contributed by atoms with Crippen molar-refractivity contribution in [3.8, 4) is 17.6 Å². The summed E-state index contributed by atoms with van der Waals surface area (Å²) >= 11 is 1.61. The number of ether oxygens (including phenoxy) is 2. The third-order valence-electron chi connectivity index (χ3n) is 3.00. The molecule has 0 spiro atoms. The molecule has 0 radical (unpaired) electrons. The zero-order valence-electron chi connectivity index (χ0n) is 11.9. The fourth-order valence-electron chi connectivity index (χ4n) is 1.86. The minimum Gasteiger partial charge on any atom is -0.497 e. The van der Waals surface area contributed by atoms with Crippen LogP contribution in [0.15, 0.2) is 41.3 Å². The van der Waals surface area contributed by atoms with Crippen molar-refractivity contribution in [3.05, 3.63) is 47.5 Å². The van der Waals surface area contributed by atoms with Crippen molar-refractivity contribution in [2.24, 2.45) is 0 Å².